The van der Waals surface area contributed by atoms with Gasteiger partial charge in [-0.3, -0.25) is 0 Å². The maximum Gasteiger partial charge on any atom is 0.0249 e. The van der Waals surface area contributed by atoms with Gasteiger partial charge in [-0.15, -0.1) is 0 Å². The fraction of sp³-hybridized carbons (Fsp3) is 0.0435. The Labute approximate surface area is 139 Å². The van der Waals surface area contributed by atoms with E-state index in [0.29, 0.717) is 0 Å². The quantitative estimate of drug-likeness (QED) is 0.495. The van der Waals surface area contributed by atoms with Crippen LogP contribution in [-0.4, -0.2) is 0 Å². The Balaban J connectivity index is 2.07. The van der Waals surface area contributed by atoms with E-state index in [-0.39, 0.29) is 0 Å². The van der Waals surface area contributed by atoms with Crippen molar-refractivity contribution < 1.29 is 0 Å². The molecule has 2 aromatic rings. The van der Waals surface area contributed by atoms with Gasteiger partial charge in [0.1, 0.15) is 0 Å². The van der Waals surface area contributed by atoms with E-state index in [1.807, 2.05) is 61.5 Å². The minimum Gasteiger partial charge on any atom is -0.0991 e. The SMILES string of the molecule is C=C/C=C\C(C=Cc1ccc(C#Cc2ccccc2)cc1)=C/C. The third-order valence-corrected chi connectivity index (χ3v) is 3.26. The van der Waals surface area contributed by atoms with Gasteiger partial charge < -0.3 is 0 Å². The molecule has 0 aliphatic heterocycles. The largest absolute Gasteiger partial charge is 0.0991 e. The highest BCUT2D eigenvalue weighted by Gasteiger charge is 1.90. The molecule has 0 heterocycles. The monoisotopic (exact) mass is 296 g/mol. The van der Waals surface area contributed by atoms with E-state index in [1.54, 1.807) is 6.08 Å². The first-order valence-electron chi connectivity index (χ1n) is 7.62. The highest BCUT2D eigenvalue weighted by Crippen LogP contribution is 2.09. The third-order valence-electron chi connectivity index (χ3n) is 3.26. The van der Waals surface area contributed by atoms with E-state index >= 15 is 0 Å². The summed E-state index contributed by atoms with van der Waals surface area (Å²) in [5.41, 5.74) is 4.35. The maximum absolute atomic E-state index is 3.68. The summed E-state index contributed by atoms with van der Waals surface area (Å²) in [5.74, 6) is 6.35. The van der Waals surface area contributed by atoms with E-state index in [9.17, 15) is 0 Å². The van der Waals surface area contributed by atoms with Crippen molar-refractivity contribution in [3.63, 3.8) is 0 Å². The first kappa shape index (κ1) is 16.3. The Bertz CT molecular complexity index is 773. The molecule has 0 amide bonds. The molecule has 0 bridgehead atoms. The summed E-state index contributed by atoms with van der Waals surface area (Å²) < 4.78 is 0. The fourth-order valence-electron chi connectivity index (χ4n) is 1.96. The summed E-state index contributed by atoms with van der Waals surface area (Å²) in [6.45, 7) is 5.71. The van der Waals surface area contributed by atoms with Crippen LogP contribution in [0.1, 0.15) is 23.6 Å². The average Bonchev–Trinajstić information content (AvgIpc) is 2.62. The lowest BCUT2D eigenvalue weighted by molar-refractivity contribution is 1.58. The number of rotatable bonds is 4. The Kier molecular flexibility index (Phi) is 6.44. The molecule has 0 saturated heterocycles. The van der Waals surface area contributed by atoms with E-state index in [1.165, 1.54) is 0 Å². The van der Waals surface area contributed by atoms with Crippen LogP contribution in [0.4, 0.5) is 0 Å². The minimum atomic E-state index is 1.02. The molecule has 0 unspecified atom stereocenters. The zero-order chi connectivity index (χ0) is 16.3. The molecule has 0 nitrogen and oxygen atoms in total. The molecule has 2 aromatic carbocycles. The van der Waals surface area contributed by atoms with Gasteiger partial charge in [-0.2, -0.15) is 0 Å². The summed E-state index contributed by atoms with van der Waals surface area (Å²) in [6.07, 6.45) is 12.0. The van der Waals surface area contributed by atoms with Crippen molar-refractivity contribution in [2.45, 2.75) is 6.92 Å². The predicted octanol–water partition coefficient (Wildman–Crippen LogP) is 5.79. The number of hydrogen-bond donors (Lipinski definition) is 0. The van der Waals surface area contributed by atoms with Crippen LogP contribution in [-0.2, 0) is 0 Å². The van der Waals surface area contributed by atoms with Gasteiger partial charge in [0, 0.05) is 11.1 Å². The average molecular weight is 296 g/mol. The van der Waals surface area contributed by atoms with Crippen LogP contribution in [0.5, 0.6) is 0 Å². The molecule has 0 N–H and O–H groups in total. The zero-order valence-electron chi connectivity index (χ0n) is 13.4. The van der Waals surface area contributed by atoms with Gasteiger partial charge in [0.25, 0.3) is 0 Å². The lowest BCUT2D eigenvalue weighted by atomic mass is 10.1. The first-order valence-corrected chi connectivity index (χ1v) is 7.62. The highest BCUT2D eigenvalue weighted by atomic mass is 13.9. The zero-order valence-corrected chi connectivity index (χ0v) is 13.4. The van der Waals surface area contributed by atoms with E-state index < -0.39 is 0 Å². The molecule has 2 rings (SSSR count). The maximum atomic E-state index is 3.68. The van der Waals surface area contributed by atoms with Crippen LogP contribution >= 0.6 is 0 Å². The molecule has 0 radical (unpaired) electrons. The summed E-state index contributed by atoms with van der Waals surface area (Å²) in [7, 11) is 0. The van der Waals surface area contributed by atoms with Crippen molar-refractivity contribution in [2.75, 3.05) is 0 Å². The molecule has 0 fully saturated rings. The Morgan fingerprint density at radius 1 is 0.870 bits per heavy atom. The molecule has 0 aliphatic rings. The molecule has 0 aliphatic carbocycles. The minimum absolute atomic E-state index is 1.02. The molecule has 23 heavy (non-hydrogen) atoms. The molecular formula is C23H20. The lowest BCUT2D eigenvalue weighted by Gasteiger charge is -1.96. The highest BCUT2D eigenvalue weighted by molar-refractivity contribution is 5.56. The smallest absolute Gasteiger partial charge is 0.0249 e. The second kappa shape index (κ2) is 9.07. The van der Waals surface area contributed by atoms with Crippen molar-refractivity contribution in [1.29, 1.82) is 0 Å². The second-order valence-electron chi connectivity index (χ2n) is 4.95. The van der Waals surface area contributed by atoms with Crippen molar-refractivity contribution in [2.24, 2.45) is 0 Å². The van der Waals surface area contributed by atoms with Gasteiger partial charge in [0.2, 0.25) is 0 Å². The summed E-state index contributed by atoms with van der Waals surface area (Å²) in [5, 5.41) is 0. The van der Waals surface area contributed by atoms with Gasteiger partial charge >= 0.3 is 0 Å². The van der Waals surface area contributed by atoms with Crippen LogP contribution in [0.3, 0.4) is 0 Å². The second-order valence-corrected chi connectivity index (χ2v) is 4.95. The van der Waals surface area contributed by atoms with Crippen molar-refractivity contribution >= 4 is 6.08 Å². The number of allylic oxidation sites excluding steroid dienone is 6. The first-order chi connectivity index (χ1) is 11.3. The van der Waals surface area contributed by atoms with Crippen molar-refractivity contribution in [3.05, 3.63) is 114 Å². The van der Waals surface area contributed by atoms with Crippen molar-refractivity contribution in [3.8, 4) is 11.8 Å². The summed E-state index contributed by atoms with van der Waals surface area (Å²) in [6, 6.07) is 18.3. The van der Waals surface area contributed by atoms with Crippen LogP contribution in [0.25, 0.3) is 6.08 Å². The summed E-state index contributed by atoms with van der Waals surface area (Å²) >= 11 is 0. The topological polar surface area (TPSA) is 0 Å². The molecular weight excluding hydrogens is 276 g/mol. The normalized spacial score (nSPS) is 11.4. The van der Waals surface area contributed by atoms with Gasteiger partial charge in [0.05, 0.1) is 0 Å². The van der Waals surface area contributed by atoms with Crippen LogP contribution in [0.15, 0.2) is 97.1 Å². The molecule has 0 atom stereocenters. The Morgan fingerprint density at radius 2 is 1.52 bits per heavy atom. The fourth-order valence-corrected chi connectivity index (χ4v) is 1.96. The standard InChI is InChI=1S/C23H20/c1-3-5-9-20(4-2)12-13-22-16-18-23(19-17-22)15-14-21-10-7-6-8-11-21/h3-13,16-19H,1H2,2H3/b9-5-,13-12?,20-4+. The van der Waals surface area contributed by atoms with Crippen LogP contribution < -0.4 is 0 Å². The van der Waals surface area contributed by atoms with Crippen LogP contribution in [0, 0.1) is 11.8 Å². The Morgan fingerprint density at radius 3 is 2.13 bits per heavy atom. The van der Waals surface area contributed by atoms with E-state index in [2.05, 4.69) is 48.8 Å². The number of hydrogen-bond acceptors (Lipinski definition) is 0. The molecule has 0 aromatic heterocycles. The van der Waals surface area contributed by atoms with Gasteiger partial charge in [-0.25, -0.2) is 0 Å². The van der Waals surface area contributed by atoms with Gasteiger partial charge in [-0.05, 0) is 42.3 Å². The molecule has 0 heteroatoms. The molecule has 112 valence electrons. The van der Waals surface area contributed by atoms with Crippen LogP contribution in [0.2, 0.25) is 0 Å². The lowest BCUT2D eigenvalue weighted by Crippen LogP contribution is -1.78. The summed E-state index contributed by atoms with van der Waals surface area (Å²) in [4.78, 5) is 0. The van der Waals surface area contributed by atoms with Gasteiger partial charge in [-0.1, -0.05) is 85.2 Å². The predicted molar refractivity (Wildman–Crippen MR) is 101 cm³/mol. The van der Waals surface area contributed by atoms with Crippen molar-refractivity contribution in [1.82, 2.24) is 0 Å². The van der Waals surface area contributed by atoms with E-state index in [4.69, 9.17) is 0 Å². The third kappa shape index (κ3) is 5.69. The van der Waals surface area contributed by atoms with Gasteiger partial charge in [0.15, 0.2) is 0 Å². The van der Waals surface area contributed by atoms with E-state index in [0.717, 1.165) is 22.3 Å². The molecule has 0 spiro atoms. The number of benzene rings is 2. The molecule has 0 saturated carbocycles. The Hall–Kier alpha value is -3.04.